The molecule has 0 unspecified atom stereocenters. The van der Waals surface area contributed by atoms with Crippen molar-refractivity contribution in [2.75, 3.05) is 39.2 Å². The highest BCUT2D eigenvalue weighted by Crippen LogP contribution is 2.32. The summed E-state index contributed by atoms with van der Waals surface area (Å²) in [6.45, 7) is 1.35. The lowest BCUT2D eigenvalue weighted by Gasteiger charge is -2.21. The zero-order valence-corrected chi connectivity index (χ0v) is 18.5. The lowest BCUT2D eigenvalue weighted by Crippen LogP contribution is -2.37. The van der Waals surface area contributed by atoms with Crippen molar-refractivity contribution < 1.29 is 9.53 Å². The molecule has 146 valence electrons. The lowest BCUT2D eigenvalue weighted by molar-refractivity contribution is -0.118. The Morgan fingerprint density at radius 1 is 1.19 bits per heavy atom. The average Bonchev–Trinajstić information content (AvgIpc) is 3.19. The zero-order valence-electron chi connectivity index (χ0n) is 15.3. The number of carbonyl (C=O) groups is 1. The number of methoxy groups -OCH3 is 1. The van der Waals surface area contributed by atoms with Gasteiger partial charge in [-0.05, 0) is 44.4 Å². The van der Waals surface area contributed by atoms with Crippen LogP contribution < -0.4 is 9.64 Å². The number of carbonyl (C=O) groups excluding carboxylic acids is 1. The highest BCUT2D eigenvalue weighted by atomic mass is 35.5. The monoisotopic (exact) mass is 445 g/mol. The van der Waals surface area contributed by atoms with Gasteiger partial charge in [-0.1, -0.05) is 22.9 Å². The van der Waals surface area contributed by atoms with E-state index in [1.165, 1.54) is 22.7 Å². The van der Waals surface area contributed by atoms with E-state index in [1.807, 2.05) is 44.4 Å². The highest BCUT2D eigenvalue weighted by Gasteiger charge is 2.21. The van der Waals surface area contributed by atoms with Crippen molar-refractivity contribution in [2.24, 2.45) is 0 Å². The van der Waals surface area contributed by atoms with E-state index in [1.54, 1.807) is 12.0 Å². The molecule has 0 radical (unpaired) electrons. The van der Waals surface area contributed by atoms with Gasteiger partial charge in [-0.3, -0.25) is 9.69 Å². The molecule has 1 amide bonds. The van der Waals surface area contributed by atoms with E-state index in [4.69, 9.17) is 16.3 Å². The van der Waals surface area contributed by atoms with Gasteiger partial charge in [0.1, 0.15) is 5.75 Å². The number of rotatable bonds is 7. The lowest BCUT2D eigenvalue weighted by atomic mass is 10.3. The van der Waals surface area contributed by atoms with Gasteiger partial charge in [0.2, 0.25) is 5.91 Å². The molecule has 2 heterocycles. The predicted molar refractivity (Wildman–Crippen MR) is 117 cm³/mol. The number of aromatic nitrogens is 1. The number of amides is 1. The molecule has 5 nitrogen and oxygen atoms in total. The van der Waals surface area contributed by atoms with Gasteiger partial charge in [-0.2, -0.15) is 0 Å². The van der Waals surface area contributed by atoms with E-state index in [-0.39, 0.29) is 18.3 Å². The van der Waals surface area contributed by atoms with E-state index >= 15 is 0 Å². The van der Waals surface area contributed by atoms with Crippen LogP contribution in [-0.4, -0.2) is 50.1 Å². The second-order valence-corrected chi connectivity index (χ2v) is 8.87. The van der Waals surface area contributed by atoms with Gasteiger partial charge in [-0.15, -0.1) is 23.7 Å². The molecule has 3 rings (SSSR count). The Kier molecular flexibility index (Phi) is 7.88. The quantitative estimate of drug-likeness (QED) is 0.533. The van der Waals surface area contributed by atoms with Crippen LogP contribution in [0.2, 0.25) is 4.34 Å². The number of benzene rings is 1. The fourth-order valence-corrected chi connectivity index (χ4v) is 4.57. The maximum absolute atomic E-state index is 12.9. The first-order valence-electron chi connectivity index (χ1n) is 8.10. The Morgan fingerprint density at radius 2 is 1.96 bits per heavy atom. The van der Waals surface area contributed by atoms with Crippen LogP contribution in [0.15, 0.2) is 30.3 Å². The van der Waals surface area contributed by atoms with Gasteiger partial charge in [0.15, 0.2) is 5.13 Å². The smallest absolute Gasteiger partial charge is 0.234 e. The normalized spacial score (nSPS) is 10.9. The number of thiazole rings is 1. The van der Waals surface area contributed by atoms with Gasteiger partial charge in [0.05, 0.1) is 28.1 Å². The van der Waals surface area contributed by atoms with Crippen molar-refractivity contribution >= 4 is 67.9 Å². The number of likely N-dealkylation sites (N-methyl/N-ethyl adjacent to an activating group) is 1. The van der Waals surface area contributed by atoms with Crippen LogP contribution in [0.4, 0.5) is 5.13 Å². The molecule has 0 aliphatic carbocycles. The summed E-state index contributed by atoms with van der Waals surface area (Å²) in [5.74, 6) is 0.809. The van der Waals surface area contributed by atoms with Crippen LogP contribution in [0.25, 0.3) is 10.2 Å². The third kappa shape index (κ3) is 5.56. The van der Waals surface area contributed by atoms with E-state index < -0.39 is 0 Å². The Bertz CT molecular complexity index is 911. The molecule has 2 aromatic heterocycles. The van der Waals surface area contributed by atoms with Crippen LogP contribution in [0, 0.1) is 0 Å². The van der Waals surface area contributed by atoms with Gasteiger partial charge in [0, 0.05) is 18.0 Å². The number of thiophene rings is 1. The number of fused-ring (bicyclic) bond motifs is 1. The summed E-state index contributed by atoms with van der Waals surface area (Å²) in [6, 6.07) is 9.47. The van der Waals surface area contributed by atoms with Crippen molar-refractivity contribution in [1.29, 1.82) is 0 Å². The first kappa shape index (κ1) is 21.9. The van der Waals surface area contributed by atoms with Gasteiger partial charge < -0.3 is 9.64 Å². The molecule has 0 bridgehead atoms. The maximum Gasteiger partial charge on any atom is 0.234 e. The second-order valence-electron chi connectivity index (χ2n) is 6.06. The third-order valence-electron chi connectivity index (χ3n) is 3.84. The summed E-state index contributed by atoms with van der Waals surface area (Å²) >= 11 is 8.93. The molecule has 9 heteroatoms. The summed E-state index contributed by atoms with van der Waals surface area (Å²) < 4.78 is 6.98. The van der Waals surface area contributed by atoms with Gasteiger partial charge in [0.25, 0.3) is 0 Å². The van der Waals surface area contributed by atoms with E-state index in [2.05, 4.69) is 9.88 Å². The molecule has 0 N–H and O–H groups in total. The van der Waals surface area contributed by atoms with Crippen LogP contribution in [0.1, 0.15) is 4.88 Å². The minimum atomic E-state index is 0. The number of nitrogens with zero attached hydrogens (tertiary/aromatic N) is 3. The molecule has 0 saturated carbocycles. The van der Waals surface area contributed by atoms with Crippen LogP contribution in [-0.2, 0) is 11.2 Å². The molecule has 0 aliphatic heterocycles. The molecular formula is C18H21Cl2N3O2S2. The first-order valence-corrected chi connectivity index (χ1v) is 10.1. The maximum atomic E-state index is 12.9. The number of ether oxygens (including phenoxy) is 1. The molecule has 0 spiro atoms. The highest BCUT2D eigenvalue weighted by molar-refractivity contribution is 7.22. The van der Waals surface area contributed by atoms with Crippen molar-refractivity contribution in [3.8, 4) is 5.75 Å². The number of hydrogen-bond acceptors (Lipinski definition) is 6. The van der Waals surface area contributed by atoms with Crippen LogP contribution in [0.3, 0.4) is 0 Å². The van der Waals surface area contributed by atoms with Gasteiger partial charge in [-0.25, -0.2) is 4.98 Å². The van der Waals surface area contributed by atoms with Gasteiger partial charge >= 0.3 is 0 Å². The molecule has 0 fully saturated rings. The fraction of sp³-hybridized carbons (Fsp3) is 0.333. The molecule has 0 aliphatic rings. The number of halogens is 2. The second kappa shape index (κ2) is 9.71. The number of anilines is 1. The Labute approximate surface area is 177 Å². The molecular weight excluding hydrogens is 425 g/mol. The van der Waals surface area contributed by atoms with Crippen molar-refractivity contribution in [1.82, 2.24) is 9.88 Å². The number of hydrogen-bond donors (Lipinski definition) is 0. The van der Waals surface area contributed by atoms with E-state index in [0.717, 1.165) is 27.4 Å². The van der Waals surface area contributed by atoms with Crippen LogP contribution >= 0.6 is 46.7 Å². The molecule has 1 aromatic carbocycles. The van der Waals surface area contributed by atoms with Crippen molar-refractivity contribution in [2.45, 2.75) is 6.42 Å². The Hall–Kier alpha value is -1.38. The van der Waals surface area contributed by atoms with E-state index in [9.17, 15) is 4.79 Å². The molecule has 0 saturated heterocycles. The summed E-state index contributed by atoms with van der Waals surface area (Å²) in [6.07, 6.45) is 0.323. The Morgan fingerprint density at radius 3 is 2.59 bits per heavy atom. The van der Waals surface area contributed by atoms with E-state index in [0.29, 0.717) is 22.4 Å². The summed E-state index contributed by atoms with van der Waals surface area (Å²) in [5.41, 5.74) is 0.868. The summed E-state index contributed by atoms with van der Waals surface area (Å²) in [4.78, 5) is 22.4. The SMILES string of the molecule is COc1ccc2nc(N(CCN(C)C)C(=O)Cc3ccc(Cl)s3)sc2c1.Cl. The third-order valence-corrected chi connectivity index (χ3v) is 6.11. The first-order chi connectivity index (χ1) is 12.5. The standard InChI is InChI=1S/C18H20ClN3O2S2.ClH/c1-21(2)8-9-22(17(23)11-13-5-7-16(19)25-13)18-20-14-6-4-12(24-3)10-15(14)26-18;/h4-7,10H,8-9,11H2,1-3H3;1H. The molecule has 0 atom stereocenters. The molecule has 27 heavy (non-hydrogen) atoms. The molecule has 3 aromatic rings. The van der Waals surface area contributed by atoms with Crippen LogP contribution in [0.5, 0.6) is 5.75 Å². The fourth-order valence-electron chi connectivity index (χ4n) is 2.45. The summed E-state index contributed by atoms with van der Waals surface area (Å²) in [7, 11) is 5.62. The average molecular weight is 446 g/mol. The largest absolute Gasteiger partial charge is 0.497 e. The minimum Gasteiger partial charge on any atom is -0.497 e. The minimum absolute atomic E-state index is 0. The summed E-state index contributed by atoms with van der Waals surface area (Å²) in [5, 5.41) is 0.711. The zero-order chi connectivity index (χ0) is 18.7. The van der Waals surface area contributed by atoms with Crippen molar-refractivity contribution in [3.05, 3.63) is 39.5 Å². The van der Waals surface area contributed by atoms with Crippen molar-refractivity contribution in [3.63, 3.8) is 0 Å². The topological polar surface area (TPSA) is 45.7 Å². The predicted octanol–water partition coefficient (Wildman–Crippen LogP) is 4.58. The Balaban J connectivity index is 0.00000261.